The van der Waals surface area contributed by atoms with Gasteiger partial charge in [0.25, 0.3) is 0 Å². The summed E-state index contributed by atoms with van der Waals surface area (Å²) in [4.78, 5) is 25.7. The molecule has 0 radical (unpaired) electrons. The van der Waals surface area contributed by atoms with Crippen molar-refractivity contribution in [2.24, 2.45) is 0 Å². The van der Waals surface area contributed by atoms with Gasteiger partial charge in [-0.05, 0) is 18.2 Å². The number of carbonyl (C=O) groups is 1. The average molecular weight is 312 g/mol. The molecule has 0 spiro atoms. The zero-order valence-electron chi connectivity index (χ0n) is 10.7. The van der Waals surface area contributed by atoms with Gasteiger partial charge in [0.2, 0.25) is 11.5 Å². The van der Waals surface area contributed by atoms with Crippen LogP contribution in [0.15, 0.2) is 42.6 Å². The topological polar surface area (TPSA) is 82.3 Å². The van der Waals surface area contributed by atoms with Crippen molar-refractivity contribution in [3.05, 3.63) is 64.0 Å². The number of aromatic nitrogens is 1. The quantitative estimate of drug-likeness (QED) is 0.492. The third-order valence-electron chi connectivity index (χ3n) is 2.55. The lowest BCUT2D eigenvalue weighted by Crippen LogP contribution is -2.20. The fraction of sp³-hybridized carbons (Fsp3) is 0.0769. The molecule has 0 bridgehead atoms. The highest BCUT2D eigenvalue weighted by Gasteiger charge is 2.37. The predicted molar refractivity (Wildman–Crippen MR) is 67.4 cm³/mol. The van der Waals surface area contributed by atoms with Gasteiger partial charge in [-0.1, -0.05) is 12.1 Å². The van der Waals surface area contributed by atoms with Gasteiger partial charge in [-0.25, -0.2) is 0 Å². The summed E-state index contributed by atoms with van der Waals surface area (Å²) in [6, 6.07) is 7.16. The largest absolute Gasteiger partial charge is 0.573 e. The number of ketones is 1. The van der Waals surface area contributed by atoms with Crippen LogP contribution in [-0.2, 0) is 0 Å². The third kappa shape index (κ3) is 3.37. The molecular weight excluding hydrogens is 305 g/mol. The average Bonchev–Trinajstić information content (AvgIpc) is 2.46. The number of para-hydroxylation sites is 1. The first-order valence-electron chi connectivity index (χ1n) is 5.78. The van der Waals surface area contributed by atoms with E-state index in [1.54, 1.807) is 0 Å². The van der Waals surface area contributed by atoms with E-state index in [4.69, 9.17) is 0 Å². The second-order valence-electron chi connectivity index (χ2n) is 4.00. The molecule has 114 valence electrons. The molecule has 0 aliphatic rings. The summed E-state index contributed by atoms with van der Waals surface area (Å²) in [5.41, 5.74) is -1.71. The van der Waals surface area contributed by atoms with Gasteiger partial charge in [0.05, 0.1) is 10.5 Å². The number of nitro groups is 1. The second kappa shape index (κ2) is 5.80. The molecule has 1 heterocycles. The monoisotopic (exact) mass is 312 g/mol. The first-order chi connectivity index (χ1) is 10.3. The molecule has 6 nitrogen and oxygen atoms in total. The number of hydrogen-bond acceptors (Lipinski definition) is 5. The fourth-order valence-corrected chi connectivity index (χ4v) is 1.71. The van der Waals surface area contributed by atoms with Gasteiger partial charge in [-0.15, -0.1) is 13.2 Å². The summed E-state index contributed by atoms with van der Waals surface area (Å²) in [6.07, 6.45) is -3.90. The van der Waals surface area contributed by atoms with E-state index in [1.807, 2.05) is 0 Å². The van der Waals surface area contributed by atoms with Crippen LogP contribution in [0.25, 0.3) is 0 Å². The summed E-state index contributed by atoms with van der Waals surface area (Å²) in [5.74, 6) is -2.07. The number of carbonyl (C=O) groups excluding carboxylic acids is 1. The van der Waals surface area contributed by atoms with Crippen molar-refractivity contribution in [1.29, 1.82) is 0 Å². The smallest absolute Gasteiger partial charge is 0.398 e. The van der Waals surface area contributed by atoms with Gasteiger partial charge in [0, 0.05) is 12.3 Å². The number of ether oxygens (including phenoxy) is 1. The number of rotatable bonds is 4. The number of benzene rings is 1. The fourth-order valence-electron chi connectivity index (χ4n) is 1.71. The van der Waals surface area contributed by atoms with Gasteiger partial charge in [0.1, 0.15) is 5.69 Å². The first-order valence-corrected chi connectivity index (χ1v) is 5.78. The highest BCUT2D eigenvalue weighted by atomic mass is 19.4. The van der Waals surface area contributed by atoms with Crippen LogP contribution in [0.3, 0.4) is 0 Å². The van der Waals surface area contributed by atoms with Crippen molar-refractivity contribution in [1.82, 2.24) is 4.98 Å². The molecule has 0 amide bonds. The third-order valence-corrected chi connectivity index (χ3v) is 2.55. The number of alkyl halides is 3. The number of nitrogens with zero attached hydrogens (tertiary/aromatic N) is 2. The van der Waals surface area contributed by atoms with Crippen molar-refractivity contribution in [2.75, 3.05) is 0 Å². The molecule has 2 aromatic rings. The van der Waals surface area contributed by atoms with E-state index in [0.717, 1.165) is 18.2 Å². The zero-order chi connectivity index (χ0) is 16.3. The maximum absolute atomic E-state index is 12.5. The highest BCUT2D eigenvalue weighted by molar-refractivity contribution is 6.10. The number of hydrogen-bond donors (Lipinski definition) is 0. The lowest BCUT2D eigenvalue weighted by molar-refractivity contribution is -0.388. The minimum absolute atomic E-state index is 0.157. The molecule has 1 aromatic heterocycles. The van der Waals surface area contributed by atoms with Crippen LogP contribution < -0.4 is 4.74 Å². The summed E-state index contributed by atoms with van der Waals surface area (Å²) in [7, 11) is 0. The Balaban J connectivity index is 2.58. The summed E-state index contributed by atoms with van der Waals surface area (Å²) in [5, 5.41) is 10.9. The summed E-state index contributed by atoms with van der Waals surface area (Å²) in [6.45, 7) is 0. The van der Waals surface area contributed by atoms with Crippen LogP contribution in [0, 0.1) is 10.1 Å². The molecule has 1 aromatic carbocycles. The van der Waals surface area contributed by atoms with Gasteiger partial charge < -0.3 is 4.74 Å². The van der Waals surface area contributed by atoms with Crippen LogP contribution in [0.1, 0.15) is 16.1 Å². The van der Waals surface area contributed by atoms with Crippen molar-refractivity contribution in [3.8, 4) is 5.75 Å². The lowest BCUT2D eigenvalue weighted by Gasteiger charge is -2.12. The molecule has 0 N–H and O–H groups in total. The van der Waals surface area contributed by atoms with E-state index in [-0.39, 0.29) is 5.69 Å². The lowest BCUT2D eigenvalue weighted by atomic mass is 10.1. The molecule has 0 unspecified atom stereocenters. The minimum Gasteiger partial charge on any atom is -0.398 e. The molecule has 0 aliphatic heterocycles. The van der Waals surface area contributed by atoms with Crippen molar-refractivity contribution in [2.45, 2.75) is 6.36 Å². The highest BCUT2D eigenvalue weighted by Crippen LogP contribution is 2.36. The normalized spacial score (nSPS) is 11.0. The molecule has 0 saturated carbocycles. The Kier molecular flexibility index (Phi) is 4.06. The minimum atomic E-state index is -5.18. The Bertz CT molecular complexity index is 717. The molecule has 2 rings (SSSR count). The van der Waals surface area contributed by atoms with E-state index in [9.17, 15) is 28.1 Å². The molecule has 0 atom stereocenters. The Morgan fingerprint density at radius 3 is 2.45 bits per heavy atom. The molecule has 9 heteroatoms. The van der Waals surface area contributed by atoms with Crippen LogP contribution in [0.2, 0.25) is 0 Å². The Morgan fingerprint density at radius 1 is 1.18 bits per heavy atom. The van der Waals surface area contributed by atoms with Crippen LogP contribution in [-0.4, -0.2) is 22.1 Å². The van der Waals surface area contributed by atoms with Crippen LogP contribution in [0.5, 0.6) is 5.75 Å². The van der Waals surface area contributed by atoms with E-state index in [2.05, 4.69) is 9.72 Å². The standard InChI is InChI=1S/C13H7F3N2O4/c14-13(15,16)22-12-8(4-3-6-10(12)18(20)21)11(19)9-5-1-2-7-17-9/h1-7H. The van der Waals surface area contributed by atoms with Gasteiger partial charge in [-0.3, -0.25) is 19.9 Å². The van der Waals surface area contributed by atoms with Gasteiger partial charge in [0.15, 0.2) is 0 Å². The molecule has 0 aliphatic carbocycles. The number of nitro benzene ring substituents is 1. The van der Waals surface area contributed by atoms with E-state index < -0.39 is 34.1 Å². The molecule has 0 saturated heterocycles. The molecule has 22 heavy (non-hydrogen) atoms. The van der Waals surface area contributed by atoms with E-state index >= 15 is 0 Å². The zero-order valence-corrected chi connectivity index (χ0v) is 10.7. The van der Waals surface area contributed by atoms with Crippen molar-refractivity contribution < 1.29 is 27.6 Å². The van der Waals surface area contributed by atoms with E-state index in [1.165, 1.54) is 24.4 Å². The van der Waals surface area contributed by atoms with Crippen molar-refractivity contribution in [3.63, 3.8) is 0 Å². The number of halogens is 3. The first kappa shape index (κ1) is 15.4. The SMILES string of the molecule is O=C(c1ccccn1)c1cccc([N+](=O)[O-])c1OC(F)(F)F. The summed E-state index contributed by atoms with van der Waals surface area (Å²) >= 11 is 0. The molecular formula is C13H7F3N2O4. The Hall–Kier alpha value is -2.97. The van der Waals surface area contributed by atoms with Crippen molar-refractivity contribution >= 4 is 11.5 Å². The van der Waals surface area contributed by atoms with Crippen LogP contribution in [0.4, 0.5) is 18.9 Å². The van der Waals surface area contributed by atoms with Crippen LogP contribution >= 0.6 is 0 Å². The Morgan fingerprint density at radius 2 is 1.91 bits per heavy atom. The maximum atomic E-state index is 12.5. The van der Waals surface area contributed by atoms with Gasteiger partial charge in [-0.2, -0.15) is 0 Å². The maximum Gasteiger partial charge on any atom is 0.573 e. The van der Waals surface area contributed by atoms with Gasteiger partial charge >= 0.3 is 12.0 Å². The van der Waals surface area contributed by atoms with E-state index in [0.29, 0.717) is 0 Å². The predicted octanol–water partition coefficient (Wildman–Crippen LogP) is 3.12. The summed E-state index contributed by atoms with van der Waals surface area (Å²) < 4.78 is 41.1. The second-order valence-corrected chi connectivity index (χ2v) is 4.00. The molecule has 0 fully saturated rings. The Labute approximate surface area is 121 Å². The number of pyridine rings is 1.